The Morgan fingerprint density at radius 3 is 2.88 bits per heavy atom. The number of aromatic nitrogens is 1. The van der Waals surface area contributed by atoms with Crippen molar-refractivity contribution in [1.29, 1.82) is 0 Å². The lowest BCUT2D eigenvalue weighted by molar-refractivity contribution is 0.166. The van der Waals surface area contributed by atoms with E-state index in [0.29, 0.717) is 19.0 Å². The number of aliphatic hydroxyl groups is 1. The molecule has 1 unspecified atom stereocenters. The minimum Gasteiger partial charge on any atom is -0.475 e. The molecule has 1 rings (SSSR count). The van der Waals surface area contributed by atoms with E-state index in [4.69, 9.17) is 4.74 Å². The van der Waals surface area contributed by atoms with Crippen LogP contribution in [0.15, 0.2) is 18.3 Å². The molecule has 4 heteroatoms. The molecule has 2 N–H and O–H groups in total. The SMILES string of the molecule is CCC(O)CNCc1cccnc1OC(C)C. The Bertz CT molecular complexity index is 329. The van der Waals surface area contributed by atoms with Gasteiger partial charge in [0.25, 0.3) is 0 Å². The second-order valence-electron chi connectivity index (χ2n) is 4.33. The summed E-state index contributed by atoms with van der Waals surface area (Å²) >= 11 is 0. The van der Waals surface area contributed by atoms with Crippen LogP contribution in [0.4, 0.5) is 0 Å². The zero-order valence-corrected chi connectivity index (χ0v) is 10.8. The zero-order valence-electron chi connectivity index (χ0n) is 10.8. The van der Waals surface area contributed by atoms with Crippen LogP contribution in [0.5, 0.6) is 5.88 Å². The van der Waals surface area contributed by atoms with Crippen molar-refractivity contribution < 1.29 is 9.84 Å². The molecule has 0 aliphatic carbocycles. The van der Waals surface area contributed by atoms with Crippen LogP contribution in [-0.4, -0.2) is 28.8 Å². The highest BCUT2D eigenvalue weighted by atomic mass is 16.5. The minimum atomic E-state index is -0.291. The first-order valence-electron chi connectivity index (χ1n) is 6.12. The molecule has 17 heavy (non-hydrogen) atoms. The summed E-state index contributed by atoms with van der Waals surface area (Å²) in [6.07, 6.45) is 2.31. The van der Waals surface area contributed by atoms with Gasteiger partial charge in [-0.2, -0.15) is 0 Å². The summed E-state index contributed by atoms with van der Waals surface area (Å²) in [6, 6.07) is 3.87. The molecule has 0 saturated heterocycles. The van der Waals surface area contributed by atoms with Crippen LogP contribution in [0.1, 0.15) is 32.8 Å². The molecule has 0 radical (unpaired) electrons. The molecule has 0 fully saturated rings. The highest BCUT2D eigenvalue weighted by molar-refractivity contribution is 5.25. The standard InChI is InChI=1S/C13H22N2O2/c1-4-12(16)9-14-8-11-6-5-7-15-13(11)17-10(2)3/h5-7,10,12,14,16H,4,8-9H2,1-3H3. The Hall–Kier alpha value is -1.13. The van der Waals surface area contributed by atoms with Crippen LogP contribution in [-0.2, 0) is 6.54 Å². The van der Waals surface area contributed by atoms with Crippen LogP contribution in [0, 0.1) is 0 Å². The number of hydrogen-bond acceptors (Lipinski definition) is 4. The summed E-state index contributed by atoms with van der Waals surface area (Å²) in [5, 5.41) is 12.6. The normalized spacial score (nSPS) is 12.8. The van der Waals surface area contributed by atoms with Crippen LogP contribution in [0.3, 0.4) is 0 Å². The van der Waals surface area contributed by atoms with Crippen LogP contribution >= 0.6 is 0 Å². The molecule has 0 aliphatic heterocycles. The van der Waals surface area contributed by atoms with Crippen molar-refractivity contribution in [2.24, 2.45) is 0 Å². The van der Waals surface area contributed by atoms with E-state index >= 15 is 0 Å². The largest absolute Gasteiger partial charge is 0.475 e. The Kier molecular flexibility index (Phi) is 5.94. The zero-order chi connectivity index (χ0) is 12.7. The van der Waals surface area contributed by atoms with E-state index < -0.39 is 0 Å². The van der Waals surface area contributed by atoms with Gasteiger partial charge in [0.1, 0.15) is 0 Å². The molecular formula is C13H22N2O2. The lowest BCUT2D eigenvalue weighted by atomic mass is 10.2. The average Bonchev–Trinajstić information content (AvgIpc) is 2.30. The van der Waals surface area contributed by atoms with Gasteiger partial charge in [-0.15, -0.1) is 0 Å². The molecule has 0 saturated carbocycles. The molecule has 0 spiro atoms. The highest BCUT2D eigenvalue weighted by Crippen LogP contribution is 2.15. The second-order valence-corrected chi connectivity index (χ2v) is 4.33. The minimum absolute atomic E-state index is 0.116. The maximum Gasteiger partial charge on any atom is 0.218 e. The van der Waals surface area contributed by atoms with Crippen molar-refractivity contribution in [2.45, 2.75) is 45.9 Å². The molecule has 1 atom stereocenters. The summed E-state index contributed by atoms with van der Waals surface area (Å²) < 4.78 is 5.62. The van der Waals surface area contributed by atoms with E-state index in [1.807, 2.05) is 32.9 Å². The van der Waals surface area contributed by atoms with E-state index in [1.54, 1.807) is 6.20 Å². The molecule has 0 bridgehead atoms. The van der Waals surface area contributed by atoms with Crippen molar-refractivity contribution in [2.75, 3.05) is 6.54 Å². The lowest BCUT2D eigenvalue weighted by Crippen LogP contribution is -2.26. The van der Waals surface area contributed by atoms with Gasteiger partial charge in [0.15, 0.2) is 0 Å². The monoisotopic (exact) mass is 238 g/mol. The first-order chi connectivity index (χ1) is 8.13. The lowest BCUT2D eigenvalue weighted by Gasteiger charge is -2.14. The summed E-state index contributed by atoms with van der Waals surface area (Å²) in [4.78, 5) is 4.21. The predicted octanol–water partition coefficient (Wildman–Crippen LogP) is 1.73. The maximum atomic E-state index is 9.44. The fourth-order valence-corrected chi connectivity index (χ4v) is 1.41. The smallest absolute Gasteiger partial charge is 0.218 e. The Morgan fingerprint density at radius 1 is 1.47 bits per heavy atom. The van der Waals surface area contributed by atoms with Gasteiger partial charge in [0.2, 0.25) is 5.88 Å². The molecule has 4 nitrogen and oxygen atoms in total. The average molecular weight is 238 g/mol. The molecule has 96 valence electrons. The van der Waals surface area contributed by atoms with E-state index in [9.17, 15) is 5.11 Å². The van der Waals surface area contributed by atoms with E-state index in [2.05, 4.69) is 10.3 Å². The first-order valence-corrected chi connectivity index (χ1v) is 6.12. The summed E-state index contributed by atoms with van der Waals surface area (Å²) in [6.45, 7) is 7.17. The molecule has 1 aromatic rings. The number of ether oxygens (including phenoxy) is 1. The third-order valence-electron chi connectivity index (χ3n) is 2.36. The van der Waals surface area contributed by atoms with Gasteiger partial charge in [-0.25, -0.2) is 4.98 Å². The van der Waals surface area contributed by atoms with Crippen molar-refractivity contribution in [3.63, 3.8) is 0 Å². The van der Waals surface area contributed by atoms with Crippen molar-refractivity contribution in [1.82, 2.24) is 10.3 Å². The van der Waals surface area contributed by atoms with Gasteiger partial charge >= 0.3 is 0 Å². The molecule has 1 aromatic heterocycles. The molecular weight excluding hydrogens is 216 g/mol. The number of hydrogen-bond donors (Lipinski definition) is 2. The molecule has 1 heterocycles. The van der Waals surface area contributed by atoms with Crippen LogP contribution in [0.2, 0.25) is 0 Å². The summed E-state index contributed by atoms with van der Waals surface area (Å²) in [5.41, 5.74) is 1.02. The molecule has 0 amide bonds. The number of pyridine rings is 1. The topological polar surface area (TPSA) is 54.4 Å². The fraction of sp³-hybridized carbons (Fsp3) is 0.615. The molecule has 0 aromatic carbocycles. The Balaban J connectivity index is 2.51. The second kappa shape index (κ2) is 7.25. The number of nitrogens with one attached hydrogen (secondary N) is 1. The van der Waals surface area contributed by atoms with Crippen LogP contribution < -0.4 is 10.1 Å². The number of rotatable bonds is 7. The third kappa shape index (κ3) is 5.15. The van der Waals surface area contributed by atoms with Gasteiger partial charge in [-0.05, 0) is 26.3 Å². The van der Waals surface area contributed by atoms with Gasteiger partial charge in [0, 0.05) is 24.8 Å². The van der Waals surface area contributed by atoms with E-state index in [-0.39, 0.29) is 12.2 Å². The Labute approximate surface area is 103 Å². The number of aliphatic hydroxyl groups excluding tert-OH is 1. The highest BCUT2D eigenvalue weighted by Gasteiger charge is 2.07. The van der Waals surface area contributed by atoms with Gasteiger partial charge in [-0.3, -0.25) is 0 Å². The third-order valence-corrected chi connectivity index (χ3v) is 2.36. The van der Waals surface area contributed by atoms with Gasteiger partial charge in [0.05, 0.1) is 12.2 Å². The number of nitrogens with zero attached hydrogens (tertiary/aromatic N) is 1. The summed E-state index contributed by atoms with van der Waals surface area (Å²) in [7, 11) is 0. The maximum absolute atomic E-state index is 9.44. The van der Waals surface area contributed by atoms with Crippen molar-refractivity contribution in [3.05, 3.63) is 23.9 Å². The fourth-order valence-electron chi connectivity index (χ4n) is 1.41. The Morgan fingerprint density at radius 2 is 2.24 bits per heavy atom. The van der Waals surface area contributed by atoms with Gasteiger partial charge in [-0.1, -0.05) is 13.0 Å². The van der Waals surface area contributed by atoms with Crippen LogP contribution in [0.25, 0.3) is 0 Å². The van der Waals surface area contributed by atoms with E-state index in [0.717, 1.165) is 12.0 Å². The van der Waals surface area contributed by atoms with Gasteiger partial charge < -0.3 is 15.2 Å². The van der Waals surface area contributed by atoms with E-state index in [1.165, 1.54) is 0 Å². The van der Waals surface area contributed by atoms with Crippen molar-refractivity contribution in [3.8, 4) is 5.88 Å². The predicted molar refractivity (Wildman–Crippen MR) is 68.0 cm³/mol. The van der Waals surface area contributed by atoms with Crippen molar-refractivity contribution >= 4 is 0 Å². The first kappa shape index (κ1) is 13.9. The quantitative estimate of drug-likeness (QED) is 0.759. The molecule has 0 aliphatic rings. The summed E-state index contributed by atoms with van der Waals surface area (Å²) in [5.74, 6) is 0.668.